The number of esters is 1. The van der Waals surface area contributed by atoms with Gasteiger partial charge in [-0.3, -0.25) is 9.59 Å². The van der Waals surface area contributed by atoms with Crippen LogP contribution in [0.15, 0.2) is 12.1 Å². The number of halogens is 2. The Bertz CT molecular complexity index is 750. The van der Waals surface area contributed by atoms with Crippen LogP contribution >= 0.6 is 0 Å². The Morgan fingerprint density at radius 1 is 0.970 bits per heavy atom. The van der Waals surface area contributed by atoms with Crippen LogP contribution in [0.25, 0.3) is 0 Å². The van der Waals surface area contributed by atoms with Gasteiger partial charge in [0, 0.05) is 6.42 Å². The quantitative estimate of drug-likeness (QED) is 0.176. The number of rotatable bonds is 14. The number of carbonyl (C=O) groups excluding carboxylic acids is 1. The fraction of sp³-hybridized carbons (Fsp3) is 0.680. The fourth-order valence-electron chi connectivity index (χ4n) is 4.85. The molecule has 0 radical (unpaired) electrons. The van der Waals surface area contributed by atoms with Crippen molar-refractivity contribution in [3.8, 4) is 5.75 Å². The van der Waals surface area contributed by atoms with Gasteiger partial charge in [0.25, 0.3) is 8.32 Å². The first-order valence-corrected chi connectivity index (χ1v) is 14.1. The normalized spacial score (nSPS) is 13.0. The van der Waals surface area contributed by atoms with E-state index in [1.165, 1.54) is 12.1 Å². The number of ether oxygens (including phenoxy) is 1. The summed E-state index contributed by atoms with van der Waals surface area (Å²) in [6, 6.07) is 2.38. The second-order valence-corrected chi connectivity index (χ2v) is 15.0. The highest BCUT2D eigenvalue weighted by molar-refractivity contribution is 6.78. The molecule has 0 amide bonds. The lowest BCUT2D eigenvalue weighted by molar-refractivity contribution is -0.143. The van der Waals surface area contributed by atoms with Gasteiger partial charge in [-0.1, -0.05) is 48.0 Å². The number of benzene rings is 1. The Kier molecular flexibility index (Phi) is 11.5. The molecule has 0 saturated carbocycles. The molecule has 1 rings (SSSR count). The van der Waals surface area contributed by atoms with Gasteiger partial charge < -0.3 is 14.3 Å². The molecule has 0 aliphatic heterocycles. The Morgan fingerprint density at radius 3 is 1.91 bits per heavy atom. The van der Waals surface area contributed by atoms with Crippen molar-refractivity contribution in [3.05, 3.63) is 29.3 Å². The first-order chi connectivity index (χ1) is 15.4. The monoisotopic (exact) mass is 486 g/mol. The van der Waals surface area contributed by atoms with E-state index in [1.54, 1.807) is 6.92 Å². The lowest BCUT2D eigenvalue weighted by Gasteiger charge is -2.42. The molecule has 1 N–H and O–H groups in total. The van der Waals surface area contributed by atoms with Crippen molar-refractivity contribution >= 4 is 20.3 Å². The maximum absolute atomic E-state index is 15.0. The van der Waals surface area contributed by atoms with Crippen molar-refractivity contribution in [1.29, 1.82) is 0 Å². The molecule has 0 aliphatic rings. The van der Waals surface area contributed by atoms with Gasteiger partial charge in [0.1, 0.15) is 0 Å². The predicted molar refractivity (Wildman–Crippen MR) is 128 cm³/mol. The predicted octanol–water partition coefficient (Wildman–Crippen LogP) is 6.89. The summed E-state index contributed by atoms with van der Waals surface area (Å²) < 4.78 is 41.1. The maximum atomic E-state index is 15.0. The van der Waals surface area contributed by atoms with Crippen molar-refractivity contribution in [2.24, 2.45) is 5.92 Å². The number of hydrogen-bond acceptors (Lipinski definition) is 4. The summed E-state index contributed by atoms with van der Waals surface area (Å²) >= 11 is 0. The van der Waals surface area contributed by atoms with Gasteiger partial charge in [0.2, 0.25) is 0 Å². The number of carbonyl (C=O) groups is 2. The highest BCUT2D eigenvalue weighted by Gasteiger charge is 2.47. The lowest BCUT2D eigenvalue weighted by Crippen LogP contribution is -2.51. The largest absolute Gasteiger partial charge is 0.539 e. The van der Waals surface area contributed by atoms with Crippen LogP contribution in [-0.4, -0.2) is 32.0 Å². The van der Waals surface area contributed by atoms with E-state index in [0.29, 0.717) is 25.9 Å². The van der Waals surface area contributed by atoms with Crippen LogP contribution in [0.1, 0.15) is 79.7 Å². The van der Waals surface area contributed by atoms with Crippen molar-refractivity contribution in [2.75, 3.05) is 6.61 Å². The molecule has 0 aliphatic carbocycles. The zero-order chi connectivity index (χ0) is 25.3. The molecule has 5 nitrogen and oxygen atoms in total. The van der Waals surface area contributed by atoms with Gasteiger partial charge in [-0.15, -0.1) is 0 Å². The molecule has 33 heavy (non-hydrogen) atoms. The number of unbranched alkanes of at least 4 members (excludes halogenated alkanes) is 1. The minimum Gasteiger partial charge on any atom is -0.539 e. The molecular formula is C25H40F2O5Si. The minimum atomic E-state index is -2.55. The van der Waals surface area contributed by atoms with Gasteiger partial charge in [-0.05, 0) is 60.5 Å². The number of carboxylic acid groups (broad SMARTS) is 1. The first-order valence-electron chi connectivity index (χ1n) is 11.9. The van der Waals surface area contributed by atoms with Crippen LogP contribution in [0.4, 0.5) is 8.78 Å². The molecule has 1 aromatic carbocycles. The molecule has 0 saturated heterocycles. The van der Waals surface area contributed by atoms with Gasteiger partial charge >= 0.3 is 11.9 Å². The second-order valence-electron chi connectivity index (χ2n) is 9.60. The fourth-order valence-corrected chi connectivity index (χ4v) is 10.1. The summed E-state index contributed by atoms with van der Waals surface area (Å²) in [6.45, 7) is 14.3. The molecule has 188 valence electrons. The average molecular weight is 487 g/mol. The molecule has 1 unspecified atom stereocenters. The molecule has 0 aromatic heterocycles. The summed E-state index contributed by atoms with van der Waals surface area (Å²) in [5.41, 5.74) is 0.743. The van der Waals surface area contributed by atoms with E-state index in [2.05, 4.69) is 0 Å². The van der Waals surface area contributed by atoms with E-state index in [4.69, 9.17) is 9.16 Å². The zero-order valence-corrected chi connectivity index (χ0v) is 22.0. The molecule has 8 heteroatoms. The molecule has 0 fully saturated rings. The van der Waals surface area contributed by atoms with Crippen LogP contribution in [0.2, 0.25) is 16.6 Å². The highest BCUT2D eigenvalue weighted by Crippen LogP contribution is 2.44. The Hall–Kier alpha value is -1.96. The summed E-state index contributed by atoms with van der Waals surface area (Å²) in [4.78, 5) is 23.1. The van der Waals surface area contributed by atoms with Crippen LogP contribution in [-0.2, 0) is 20.7 Å². The number of aliphatic carboxylic acids is 1. The first kappa shape index (κ1) is 29.1. The van der Waals surface area contributed by atoms with Crippen molar-refractivity contribution in [3.63, 3.8) is 0 Å². The third-order valence-electron chi connectivity index (χ3n) is 6.36. The van der Waals surface area contributed by atoms with Crippen LogP contribution in [0.3, 0.4) is 0 Å². The summed E-state index contributed by atoms with van der Waals surface area (Å²) in [7, 11) is -2.55. The van der Waals surface area contributed by atoms with E-state index >= 15 is 8.78 Å². The lowest BCUT2D eigenvalue weighted by atomic mass is 9.93. The SMILES string of the molecule is CCOC(=O)CCCCC(Cc1cc(F)c(O[Si](C(C)C)(C(C)C)C(C)C)c(F)c1)C(=O)O. The standard InChI is InChI=1S/C25H40F2O5Si/c1-8-31-23(28)12-10-9-11-20(25(29)30)13-19-14-21(26)24(22(27)15-19)32-33(16(2)3,17(4)5)18(6)7/h14-18,20H,8-13H2,1-7H3,(H,29,30). The van der Waals surface area contributed by atoms with Crippen molar-refractivity contribution < 1.29 is 32.6 Å². The zero-order valence-electron chi connectivity index (χ0n) is 21.0. The molecular weight excluding hydrogens is 446 g/mol. The summed E-state index contributed by atoms with van der Waals surface area (Å²) in [5, 5.41) is 9.56. The maximum Gasteiger partial charge on any atom is 0.306 e. The molecule has 1 aromatic rings. The molecule has 1 atom stereocenters. The molecule has 0 bridgehead atoms. The Morgan fingerprint density at radius 2 is 1.48 bits per heavy atom. The average Bonchev–Trinajstić information content (AvgIpc) is 2.69. The highest BCUT2D eigenvalue weighted by atomic mass is 28.4. The van der Waals surface area contributed by atoms with Crippen molar-refractivity contribution in [1.82, 2.24) is 0 Å². The molecule has 0 spiro atoms. The number of hydrogen-bond donors (Lipinski definition) is 1. The van der Waals surface area contributed by atoms with Gasteiger partial charge in [0.15, 0.2) is 17.4 Å². The van der Waals surface area contributed by atoms with Gasteiger partial charge in [0.05, 0.1) is 12.5 Å². The third kappa shape index (κ3) is 7.79. The third-order valence-corrected chi connectivity index (χ3v) is 12.3. The van der Waals surface area contributed by atoms with Gasteiger partial charge in [-0.2, -0.15) is 0 Å². The van der Waals surface area contributed by atoms with Crippen LogP contribution < -0.4 is 4.43 Å². The van der Waals surface area contributed by atoms with Gasteiger partial charge in [-0.25, -0.2) is 8.78 Å². The van der Waals surface area contributed by atoms with Crippen LogP contribution in [0.5, 0.6) is 5.75 Å². The summed E-state index contributed by atoms with van der Waals surface area (Å²) in [6.07, 6.45) is 1.55. The summed E-state index contributed by atoms with van der Waals surface area (Å²) in [5.74, 6) is -4.09. The minimum absolute atomic E-state index is 0.00394. The van der Waals surface area contributed by atoms with Crippen molar-refractivity contribution in [2.45, 2.75) is 97.2 Å². The number of carboxylic acids is 1. The Labute approximate surface area is 198 Å². The topological polar surface area (TPSA) is 72.8 Å². The van der Waals surface area contributed by atoms with E-state index in [9.17, 15) is 14.7 Å². The second kappa shape index (κ2) is 13.1. The molecule has 0 heterocycles. The van der Waals surface area contributed by atoms with E-state index < -0.39 is 31.8 Å². The van der Waals surface area contributed by atoms with E-state index in [0.717, 1.165) is 0 Å². The Balaban J connectivity index is 3.00. The smallest absolute Gasteiger partial charge is 0.306 e. The van der Waals surface area contributed by atoms with Crippen LogP contribution in [0, 0.1) is 17.6 Å². The van der Waals surface area contributed by atoms with E-state index in [-0.39, 0.29) is 46.7 Å². The van der Waals surface area contributed by atoms with E-state index in [1.807, 2.05) is 41.5 Å².